The van der Waals surface area contributed by atoms with Crippen LogP contribution >= 0.6 is 11.6 Å². The van der Waals surface area contributed by atoms with E-state index in [0.717, 1.165) is 0 Å². The maximum atomic E-state index is 10.8. The van der Waals surface area contributed by atoms with Gasteiger partial charge in [-0.05, 0) is 22.4 Å². The number of nitrogens with two attached hydrogens (primary N) is 1. The van der Waals surface area contributed by atoms with Gasteiger partial charge in [0.1, 0.15) is 5.02 Å². The molecule has 0 saturated heterocycles. The fourth-order valence-electron chi connectivity index (χ4n) is 1.57. The van der Waals surface area contributed by atoms with Gasteiger partial charge in [0.25, 0.3) is 11.6 Å². The van der Waals surface area contributed by atoms with Crippen LogP contribution < -0.4 is 5.73 Å². The van der Waals surface area contributed by atoms with Crippen LogP contribution in [0.5, 0.6) is 0 Å². The van der Waals surface area contributed by atoms with Crippen molar-refractivity contribution in [3.63, 3.8) is 0 Å². The van der Waals surface area contributed by atoms with Gasteiger partial charge in [0.15, 0.2) is 11.5 Å². The number of aromatic nitrogens is 4. The minimum atomic E-state index is -0.608. The smallest absolute Gasteiger partial charge is 0.288 e. The summed E-state index contributed by atoms with van der Waals surface area (Å²) in [6.07, 6.45) is 0. The molecule has 3 aromatic rings. The van der Waals surface area contributed by atoms with Crippen LogP contribution in [-0.4, -0.2) is 25.4 Å². The number of halogens is 1. The van der Waals surface area contributed by atoms with Gasteiger partial charge in [-0.3, -0.25) is 10.1 Å². The molecule has 0 unspecified atom stereocenters. The Labute approximate surface area is 120 Å². The molecule has 0 aliphatic heterocycles. The maximum absolute atomic E-state index is 10.8. The van der Waals surface area contributed by atoms with Gasteiger partial charge < -0.3 is 10.3 Å². The van der Waals surface area contributed by atoms with E-state index < -0.39 is 4.92 Å². The van der Waals surface area contributed by atoms with Crippen molar-refractivity contribution in [1.29, 1.82) is 0 Å². The number of benzene rings is 1. The number of anilines is 1. The summed E-state index contributed by atoms with van der Waals surface area (Å²) < 4.78 is 9.44. The van der Waals surface area contributed by atoms with Crippen LogP contribution in [0.1, 0.15) is 0 Å². The molecule has 2 heterocycles. The van der Waals surface area contributed by atoms with E-state index in [9.17, 15) is 10.1 Å². The molecule has 3 rings (SSSR count). The molecule has 0 fully saturated rings. The first-order valence-corrected chi connectivity index (χ1v) is 5.80. The number of hydrogen-bond donors (Lipinski definition) is 1. The first kappa shape index (κ1) is 13.0. The van der Waals surface area contributed by atoms with Crippen molar-refractivity contribution < 1.29 is 14.1 Å². The molecule has 0 aliphatic rings. The largest absolute Gasteiger partial charge is 0.379 e. The minimum Gasteiger partial charge on any atom is -0.379 e. The van der Waals surface area contributed by atoms with Gasteiger partial charge in [-0.2, -0.15) is 4.98 Å². The third kappa shape index (κ3) is 2.27. The number of hydrogen-bond acceptors (Lipinski definition) is 9. The zero-order valence-electron chi connectivity index (χ0n) is 10.1. The summed E-state index contributed by atoms with van der Waals surface area (Å²) in [4.78, 5) is 14.3. The molecule has 2 N–H and O–H groups in total. The third-order valence-electron chi connectivity index (χ3n) is 2.54. The Kier molecular flexibility index (Phi) is 2.99. The topological polar surface area (TPSA) is 147 Å². The van der Waals surface area contributed by atoms with E-state index in [0.29, 0.717) is 5.56 Å². The quantitative estimate of drug-likeness (QED) is 0.565. The molecular weight excluding hydrogens is 304 g/mol. The molecule has 2 aromatic heterocycles. The first-order chi connectivity index (χ1) is 10.1. The zero-order chi connectivity index (χ0) is 15.0. The predicted octanol–water partition coefficient (Wildman–Crippen LogP) is 1.93. The molecule has 1 aromatic carbocycles. The standard InChI is InChI=1S/C10H5ClN6O4/c11-5-2-1-4(3-6(5)17(18)19)10-13-9(16-20-10)7-8(12)15-21-14-7/h1-3H,(H2,12,15). The molecule has 0 aliphatic carbocycles. The fraction of sp³-hybridized carbons (Fsp3) is 0. The minimum absolute atomic E-state index is 0.00411. The Bertz CT molecular complexity index is 829. The lowest BCUT2D eigenvalue weighted by Gasteiger charge is -1.97. The molecule has 21 heavy (non-hydrogen) atoms. The molecule has 0 bridgehead atoms. The molecule has 0 radical (unpaired) electrons. The van der Waals surface area contributed by atoms with Crippen molar-refractivity contribution in [3.05, 3.63) is 33.3 Å². The SMILES string of the molecule is Nc1nonc1-c1noc(-c2ccc(Cl)c([N+](=O)[O-])c2)n1. The highest BCUT2D eigenvalue weighted by Gasteiger charge is 2.20. The summed E-state index contributed by atoms with van der Waals surface area (Å²) in [5, 5.41) is 21.4. The maximum Gasteiger partial charge on any atom is 0.288 e. The highest BCUT2D eigenvalue weighted by molar-refractivity contribution is 6.32. The molecule has 0 amide bonds. The van der Waals surface area contributed by atoms with Gasteiger partial charge >= 0.3 is 0 Å². The van der Waals surface area contributed by atoms with Crippen LogP contribution in [0.25, 0.3) is 23.0 Å². The highest BCUT2D eigenvalue weighted by Crippen LogP contribution is 2.30. The van der Waals surface area contributed by atoms with Crippen LogP contribution in [0, 0.1) is 10.1 Å². The number of nitrogen functional groups attached to an aromatic ring is 1. The average molecular weight is 309 g/mol. The molecule has 0 saturated carbocycles. The van der Waals surface area contributed by atoms with Gasteiger partial charge in [-0.1, -0.05) is 16.8 Å². The Morgan fingerprint density at radius 3 is 2.76 bits per heavy atom. The predicted molar refractivity (Wildman–Crippen MR) is 69.1 cm³/mol. The second-order valence-corrected chi connectivity index (χ2v) is 4.25. The first-order valence-electron chi connectivity index (χ1n) is 5.42. The number of nitro benzene ring substituents is 1. The van der Waals surface area contributed by atoms with Crippen LogP contribution in [-0.2, 0) is 0 Å². The fourth-order valence-corrected chi connectivity index (χ4v) is 1.76. The van der Waals surface area contributed by atoms with Crippen LogP contribution in [0.4, 0.5) is 11.5 Å². The van der Waals surface area contributed by atoms with E-state index in [-0.39, 0.29) is 33.9 Å². The van der Waals surface area contributed by atoms with E-state index in [1.165, 1.54) is 18.2 Å². The van der Waals surface area contributed by atoms with Crippen molar-refractivity contribution in [3.8, 4) is 23.0 Å². The molecule has 0 spiro atoms. The van der Waals surface area contributed by atoms with Crippen molar-refractivity contribution >= 4 is 23.1 Å². The Hall–Kier alpha value is -3.01. The van der Waals surface area contributed by atoms with Gasteiger partial charge in [-0.25, -0.2) is 4.63 Å². The Morgan fingerprint density at radius 1 is 1.29 bits per heavy atom. The number of rotatable bonds is 3. The third-order valence-corrected chi connectivity index (χ3v) is 2.86. The average Bonchev–Trinajstić information content (AvgIpc) is 3.07. The van der Waals surface area contributed by atoms with Gasteiger partial charge in [0.2, 0.25) is 5.82 Å². The number of nitro groups is 1. The summed E-state index contributed by atoms with van der Waals surface area (Å²) in [5.41, 5.74) is 5.69. The summed E-state index contributed by atoms with van der Waals surface area (Å²) in [6, 6.07) is 4.10. The van der Waals surface area contributed by atoms with Crippen LogP contribution in [0.15, 0.2) is 27.4 Å². The summed E-state index contributed by atoms with van der Waals surface area (Å²) >= 11 is 5.73. The van der Waals surface area contributed by atoms with Crippen LogP contribution in [0.3, 0.4) is 0 Å². The molecule has 10 nitrogen and oxygen atoms in total. The van der Waals surface area contributed by atoms with Crippen molar-refractivity contribution in [2.45, 2.75) is 0 Å². The lowest BCUT2D eigenvalue weighted by molar-refractivity contribution is -0.384. The van der Waals surface area contributed by atoms with E-state index in [1.807, 2.05) is 0 Å². The lowest BCUT2D eigenvalue weighted by Crippen LogP contribution is -1.91. The highest BCUT2D eigenvalue weighted by atomic mass is 35.5. The van der Waals surface area contributed by atoms with E-state index in [4.69, 9.17) is 21.9 Å². The van der Waals surface area contributed by atoms with Crippen molar-refractivity contribution in [1.82, 2.24) is 20.5 Å². The van der Waals surface area contributed by atoms with Crippen LogP contribution in [0.2, 0.25) is 5.02 Å². The Balaban J connectivity index is 2.03. The lowest BCUT2D eigenvalue weighted by atomic mass is 10.2. The summed E-state index contributed by atoms with van der Waals surface area (Å²) in [5.74, 6) is 0.109. The molecule has 11 heteroatoms. The van der Waals surface area contributed by atoms with Gasteiger partial charge in [-0.15, -0.1) is 0 Å². The van der Waals surface area contributed by atoms with Crippen molar-refractivity contribution in [2.75, 3.05) is 5.73 Å². The zero-order valence-corrected chi connectivity index (χ0v) is 10.8. The monoisotopic (exact) mass is 308 g/mol. The van der Waals surface area contributed by atoms with E-state index in [2.05, 4.69) is 25.1 Å². The molecule has 0 atom stereocenters. The van der Waals surface area contributed by atoms with E-state index >= 15 is 0 Å². The second kappa shape index (κ2) is 4.83. The summed E-state index contributed by atoms with van der Waals surface area (Å²) in [7, 11) is 0. The Morgan fingerprint density at radius 2 is 2.10 bits per heavy atom. The molecule has 106 valence electrons. The summed E-state index contributed by atoms with van der Waals surface area (Å²) in [6.45, 7) is 0. The van der Waals surface area contributed by atoms with Gasteiger partial charge in [0, 0.05) is 11.6 Å². The van der Waals surface area contributed by atoms with Crippen molar-refractivity contribution in [2.24, 2.45) is 0 Å². The number of nitrogens with zero attached hydrogens (tertiary/aromatic N) is 5. The second-order valence-electron chi connectivity index (χ2n) is 3.84. The molecular formula is C10H5ClN6O4. The normalized spacial score (nSPS) is 10.7. The van der Waals surface area contributed by atoms with E-state index in [1.54, 1.807) is 0 Å². The van der Waals surface area contributed by atoms with Gasteiger partial charge in [0.05, 0.1) is 4.92 Å².